The summed E-state index contributed by atoms with van der Waals surface area (Å²) in [5.74, 6) is -0.0553. The van der Waals surface area contributed by atoms with Gasteiger partial charge < -0.3 is 9.88 Å². The van der Waals surface area contributed by atoms with Crippen molar-refractivity contribution in [2.45, 2.75) is 38.1 Å². The Morgan fingerprint density at radius 2 is 1.77 bits per heavy atom. The first-order valence-electron chi connectivity index (χ1n) is 10.4. The van der Waals surface area contributed by atoms with E-state index in [1.165, 1.54) is 4.31 Å². The molecule has 0 atom stereocenters. The average Bonchev–Trinajstić information content (AvgIpc) is 3.32. The number of rotatable bonds is 10. The maximum absolute atomic E-state index is 12.6. The van der Waals surface area contributed by atoms with E-state index in [2.05, 4.69) is 10.3 Å². The topological polar surface area (TPSA) is 84.3 Å². The number of para-hydroxylation sites is 1. The second-order valence-electron chi connectivity index (χ2n) is 7.11. The summed E-state index contributed by atoms with van der Waals surface area (Å²) in [4.78, 5) is 16.7. The van der Waals surface area contributed by atoms with Gasteiger partial charge in [0.1, 0.15) is 0 Å². The van der Waals surface area contributed by atoms with Crippen LogP contribution in [0, 0.1) is 0 Å². The third-order valence-electron chi connectivity index (χ3n) is 5.16. The highest BCUT2D eigenvalue weighted by atomic mass is 32.2. The van der Waals surface area contributed by atoms with E-state index in [0.29, 0.717) is 32.5 Å². The van der Waals surface area contributed by atoms with Gasteiger partial charge in [-0.25, -0.2) is 13.4 Å². The predicted octanol–water partition coefficient (Wildman–Crippen LogP) is 3.15. The SMILES string of the molecule is CCN(CC)S(=O)(=O)c1ccc(CCC(=O)NCc2ccccc2-n2ccnc2)cc1. The van der Waals surface area contributed by atoms with Crippen molar-refractivity contribution in [2.75, 3.05) is 13.1 Å². The fourth-order valence-corrected chi connectivity index (χ4v) is 4.85. The molecule has 3 rings (SSSR count). The lowest BCUT2D eigenvalue weighted by molar-refractivity contribution is -0.121. The van der Waals surface area contributed by atoms with Crippen LogP contribution in [-0.4, -0.2) is 41.3 Å². The minimum absolute atomic E-state index is 0.0553. The van der Waals surface area contributed by atoms with Gasteiger partial charge >= 0.3 is 0 Å². The minimum atomic E-state index is -3.46. The number of nitrogens with one attached hydrogen (secondary N) is 1. The van der Waals surface area contributed by atoms with Crippen LogP contribution in [-0.2, 0) is 27.8 Å². The third kappa shape index (κ3) is 5.59. The van der Waals surface area contributed by atoms with Crippen LogP contribution >= 0.6 is 0 Å². The molecule has 8 heteroatoms. The highest BCUT2D eigenvalue weighted by molar-refractivity contribution is 7.89. The Hall–Kier alpha value is -2.97. The summed E-state index contributed by atoms with van der Waals surface area (Å²) in [6.07, 6.45) is 6.18. The molecular formula is C23H28N4O3S. The Labute approximate surface area is 183 Å². The number of amides is 1. The molecule has 0 saturated carbocycles. The first-order chi connectivity index (χ1) is 15.0. The second kappa shape index (κ2) is 10.4. The molecule has 0 saturated heterocycles. The molecule has 7 nitrogen and oxygen atoms in total. The van der Waals surface area contributed by atoms with Crippen molar-refractivity contribution in [2.24, 2.45) is 0 Å². The third-order valence-corrected chi connectivity index (χ3v) is 7.22. The van der Waals surface area contributed by atoms with Crippen molar-refractivity contribution in [3.8, 4) is 5.69 Å². The molecule has 1 amide bonds. The molecule has 31 heavy (non-hydrogen) atoms. The van der Waals surface area contributed by atoms with Gasteiger partial charge in [-0.15, -0.1) is 0 Å². The average molecular weight is 441 g/mol. The fraction of sp³-hybridized carbons (Fsp3) is 0.304. The van der Waals surface area contributed by atoms with Gasteiger partial charge in [-0.3, -0.25) is 4.79 Å². The van der Waals surface area contributed by atoms with Crippen LogP contribution in [0.25, 0.3) is 5.69 Å². The van der Waals surface area contributed by atoms with Crippen LogP contribution in [0.3, 0.4) is 0 Å². The number of hydrogen-bond acceptors (Lipinski definition) is 4. The summed E-state index contributed by atoms with van der Waals surface area (Å²) in [5, 5.41) is 2.96. The Morgan fingerprint density at radius 3 is 2.42 bits per heavy atom. The zero-order valence-corrected chi connectivity index (χ0v) is 18.7. The van der Waals surface area contributed by atoms with E-state index >= 15 is 0 Å². The van der Waals surface area contributed by atoms with Gasteiger partial charge in [0.15, 0.2) is 0 Å². The molecular weight excluding hydrogens is 412 g/mol. The number of benzene rings is 2. The van der Waals surface area contributed by atoms with Crippen LogP contribution in [0.4, 0.5) is 0 Å². The van der Waals surface area contributed by atoms with E-state index in [4.69, 9.17) is 0 Å². The summed E-state index contributed by atoms with van der Waals surface area (Å²) >= 11 is 0. The first-order valence-corrected chi connectivity index (χ1v) is 11.8. The van der Waals surface area contributed by atoms with Gasteiger partial charge in [-0.1, -0.05) is 44.2 Å². The molecule has 0 fully saturated rings. The van der Waals surface area contributed by atoms with Crippen molar-refractivity contribution in [3.05, 3.63) is 78.4 Å². The highest BCUT2D eigenvalue weighted by Gasteiger charge is 2.21. The van der Waals surface area contributed by atoms with Crippen LogP contribution in [0.2, 0.25) is 0 Å². The van der Waals surface area contributed by atoms with E-state index in [1.54, 1.807) is 36.8 Å². The summed E-state index contributed by atoms with van der Waals surface area (Å²) in [7, 11) is -3.46. The van der Waals surface area contributed by atoms with E-state index in [1.807, 2.05) is 48.9 Å². The van der Waals surface area contributed by atoms with Gasteiger partial charge in [0.05, 0.1) is 16.9 Å². The Bertz CT molecular complexity index is 1090. The van der Waals surface area contributed by atoms with Gasteiger partial charge in [0, 0.05) is 38.4 Å². The number of sulfonamides is 1. The smallest absolute Gasteiger partial charge is 0.243 e. The van der Waals surface area contributed by atoms with Crippen molar-refractivity contribution in [3.63, 3.8) is 0 Å². The molecule has 0 spiro atoms. The lowest BCUT2D eigenvalue weighted by Gasteiger charge is -2.18. The Kier molecular flexibility index (Phi) is 7.59. The lowest BCUT2D eigenvalue weighted by Crippen LogP contribution is -2.30. The number of aryl methyl sites for hydroxylation is 1. The fourth-order valence-electron chi connectivity index (χ4n) is 3.39. The number of imidazole rings is 1. The molecule has 2 aromatic carbocycles. The van der Waals surface area contributed by atoms with Gasteiger partial charge in [-0.05, 0) is 35.7 Å². The maximum atomic E-state index is 12.6. The molecule has 0 aliphatic rings. The Morgan fingerprint density at radius 1 is 1.06 bits per heavy atom. The van der Waals surface area contributed by atoms with Gasteiger partial charge in [0.25, 0.3) is 0 Å². The summed E-state index contributed by atoms with van der Waals surface area (Å²) in [6.45, 7) is 4.94. The molecule has 1 aromatic heterocycles. The lowest BCUT2D eigenvalue weighted by atomic mass is 10.1. The van der Waals surface area contributed by atoms with Crippen LogP contribution in [0.15, 0.2) is 72.1 Å². The molecule has 0 unspecified atom stereocenters. The summed E-state index contributed by atoms with van der Waals surface area (Å²) in [6, 6.07) is 14.6. The normalized spacial score (nSPS) is 11.6. The molecule has 0 aliphatic heterocycles. The zero-order chi connectivity index (χ0) is 22.3. The van der Waals surface area contributed by atoms with E-state index in [-0.39, 0.29) is 10.8 Å². The van der Waals surface area contributed by atoms with E-state index < -0.39 is 10.0 Å². The van der Waals surface area contributed by atoms with Gasteiger partial charge in [0.2, 0.25) is 15.9 Å². The Balaban J connectivity index is 1.55. The number of carbonyl (C=O) groups excluding carboxylic acids is 1. The molecule has 1 N–H and O–H groups in total. The monoisotopic (exact) mass is 440 g/mol. The molecule has 164 valence electrons. The van der Waals surface area contributed by atoms with Crippen LogP contribution in [0.5, 0.6) is 0 Å². The molecule has 0 radical (unpaired) electrons. The van der Waals surface area contributed by atoms with Crippen molar-refractivity contribution in [1.29, 1.82) is 0 Å². The first kappa shape index (κ1) is 22.7. The maximum Gasteiger partial charge on any atom is 0.243 e. The number of carbonyl (C=O) groups is 1. The standard InChI is InChI=1S/C23H28N4O3S/c1-3-27(4-2)31(29,30)21-12-9-19(10-13-21)11-14-23(28)25-17-20-7-5-6-8-22(20)26-16-15-24-18-26/h5-10,12-13,15-16,18H,3-4,11,14,17H2,1-2H3,(H,25,28). The van der Waals surface area contributed by atoms with Crippen LogP contribution in [0.1, 0.15) is 31.4 Å². The van der Waals surface area contributed by atoms with Gasteiger partial charge in [-0.2, -0.15) is 4.31 Å². The molecule has 3 aromatic rings. The summed E-state index contributed by atoms with van der Waals surface area (Å²) in [5.41, 5.74) is 2.90. The second-order valence-corrected chi connectivity index (χ2v) is 9.05. The zero-order valence-electron chi connectivity index (χ0n) is 17.9. The van der Waals surface area contributed by atoms with Crippen molar-refractivity contribution >= 4 is 15.9 Å². The number of hydrogen-bond donors (Lipinski definition) is 1. The molecule has 0 bridgehead atoms. The quantitative estimate of drug-likeness (QED) is 0.525. The summed E-state index contributed by atoms with van der Waals surface area (Å²) < 4.78 is 28.5. The van der Waals surface area contributed by atoms with E-state index in [9.17, 15) is 13.2 Å². The minimum Gasteiger partial charge on any atom is -0.352 e. The van der Waals surface area contributed by atoms with Crippen molar-refractivity contribution in [1.82, 2.24) is 19.2 Å². The molecule has 1 heterocycles. The van der Waals surface area contributed by atoms with E-state index in [0.717, 1.165) is 16.8 Å². The number of nitrogens with zero attached hydrogens (tertiary/aromatic N) is 3. The number of aromatic nitrogens is 2. The highest BCUT2D eigenvalue weighted by Crippen LogP contribution is 2.17. The molecule has 0 aliphatic carbocycles. The predicted molar refractivity (Wildman–Crippen MR) is 120 cm³/mol. The largest absolute Gasteiger partial charge is 0.352 e. The van der Waals surface area contributed by atoms with Crippen LogP contribution < -0.4 is 5.32 Å². The van der Waals surface area contributed by atoms with Crippen molar-refractivity contribution < 1.29 is 13.2 Å².